The second kappa shape index (κ2) is 10.7. The van der Waals surface area contributed by atoms with Gasteiger partial charge in [0.15, 0.2) is 13.2 Å². The molecule has 0 saturated carbocycles. The van der Waals surface area contributed by atoms with E-state index in [1.54, 1.807) is 47.4 Å². The Labute approximate surface area is 203 Å². The molecule has 3 aromatic rings. The van der Waals surface area contributed by atoms with Gasteiger partial charge in [0.25, 0.3) is 11.8 Å². The molecule has 0 radical (unpaired) electrons. The number of aryl methyl sites for hydroxylation is 1. The zero-order valence-electron chi connectivity index (χ0n) is 19.6. The lowest BCUT2D eigenvalue weighted by Gasteiger charge is -2.30. The molecule has 0 aromatic heterocycles. The highest BCUT2D eigenvalue weighted by atomic mass is 16.5. The van der Waals surface area contributed by atoms with Gasteiger partial charge in [-0.3, -0.25) is 9.59 Å². The quantitative estimate of drug-likeness (QED) is 0.497. The average molecular weight is 475 g/mol. The van der Waals surface area contributed by atoms with E-state index in [1.165, 1.54) is 7.11 Å². The predicted octanol–water partition coefficient (Wildman–Crippen LogP) is 3.98. The van der Waals surface area contributed by atoms with Gasteiger partial charge < -0.3 is 24.4 Å². The summed E-state index contributed by atoms with van der Waals surface area (Å²) in [5.41, 5.74) is 3.31. The summed E-state index contributed by atoms with van der Waals surface area (Å²) >= 11 is 0. The summed E-state index contributed by atoms with van der Waals surface area (Å²) in [6.07, 6.45) is 0.878. The minimum Gasteiger partial charge on any atom is -0.484 e. The Morgan fingerprint density at radius 1 is 1.03 bits per heavy atom. The number of esters is 1. The molecule has 4 rings (SSSR count). The first-order chi connectivity index (χ1) is 17.0. The van der Waals surface area contributed by atoms with Gasteiger partial charge in [-0.05, 0) is 60.0 Å². The number of benzene rings is 3. The van der Waals surface area contributed by atoms with Crippen LogP contribution in [0.1, 0.15) is 28.4 Å². The summed E-state index contributed by atoms with van der Waals surface area (Å²) in [4.78, 5) is 38.6. The van der Waals surface area contributed by atoms with Crippen LogP contribution in [-0.2, 0) is 27.3 Å². The maximum atomic E-state index is 12.7. The van der Waals surface area contributed by atoms with Crippen molar-refractivity contribution in [2.75, 3.05) is 30.5 Å². The number of hydrogen-bond acceptors (Lipinski definition) is 6. The van der Waals surface area contributed by atoms with E-state index in [0.29, 0.717) is 28.4 Å². The van der Waals surface area contributed by atoms with E-state index in [0.717, 1.165) is 17.5 Å². The van der Waals surface area contributed by atoms with Gasteiger partial charge in [-0.2, -0.15) is 0 Å². The molecule has 35 heavy (non-hydrogen) atoms. The molecule has 8 nitrogen and oxygen atoms in total. The van der Waals surface area contributed by atoms with E-state index in [4.69, 9.17) is 14.2 Å². The summed E-state index contributed by atoms with van der Waals surface area (Å²) in [5, 5.41) is 2.80. The Hall–Kier alpha value is -4.33. The van der Waals surface area contributed by atoms with Crippen molar-refractivity contribution < 1.29 is 28.6 Å². The van der Waals surface area contributed by atoms with Gasteiger partial charge in [0, 0.05) is 5.69 Å². The van der Waals surface area contributed by atoms with E-state index < -0.39 is 5.97 Å². The fourth-order valence-electron chi connectivity index (χ4n) is 3.75. The number of fused-ring (bicyclic) bond motifs is 1. The topological polar surface area (TPSA) is 94.2 Å². The molecule has 0 unspecified atom stereocenters. The van der Waals surface area contributed by atoms with Gasteiger partial charge in [-0.1, -0.05) is 31.2 Å². The van der Waals surface area contributed by atoms with Crippen LogP contribution in [0.2, 0.25) is 0 Å². The number of anilines is 2. The van der Waals surface area contributed by atoms with Crippen molar-refractivity contribution in [2.24, 2.45) is 0 Å². The van der Waals surface area contributed by atoms with Crippen molar-refractivity contribution in [2.45, 2.75) is 19.9 Å². The molecule has 180 valence electrons. The van der Waals surface area contributed by atoms with Crippen molar-refractivity contribution in [3.63, 3.8) is 0 Å². The van der Waals surface area contributed by atoms with Gasteiger partial charge in [-0.25, -0.2) is 4.79 Å². The number of nitrogens with zero attached hydrogens (tertiary/aromatic N) is 1. The van der Waals surface area contributed by atoms with Crippen LogP contribution in [0.25, 0.3) is 0 Å². The second-order valence-electron chi connectivity index (χ2n) is 7.98. The third-order valence-corrected chi connectivity index (χ3v) is 5.55. The van der Waals surface area contributed by atoms with Crippen LogP contribution in [0.4, 0.5) is 11.4 Å². The van der Waals surface area contributed by atoms with Gasteiger partial charge in [-0.15, -0.1) is 0 Å². The molecule has 3 aromatic carbocycles. The Morgan fingerprint density at radius 3 is 2.63 bits per heavy atom. The summed E-state index contributed by atoms with van der Waals surface area (Å²) in [5.74, 6) is 0.147. The highest BCUT2D eigenvalue weighted by Gasteiger charge is 2.26. The first kappa shape index (κ1) is 23.8. The van der Waals surface area contributed by atoms with Crippen molar-refractivity contribution >= 4 is 29.2 Å². The largest absolute Gasteiger partial charge is 0.484 e. The zero-order chi connectivity index (χ0) is 24.8. The summed E-state index contributed by atoms with van der Waals surface area (Å²) in [7, 11) is 1.32. The molecule has 1 heterocycles. The lowest BCUT2D eigenvalue weighted by Crippen LogP contribution is -2.38. The lowest BCUT2D eigenvalue weighted by atomic mass is 10.1. The minimum atomic E-state index is -0.450. The van der Waals surface area contributed by atoms with Gasteiger partial charge in [0.05, 0.1) is 24.9 Å². The fraction of sp³-hybridized carbons (Fsp3) is 0.222. The maximum Gasteiger partial charge on any atom is 0.337 e. The molecule has 0 spiro atoms. The lowest BCUT2D eigenvalue weighted by molar-refractivity contribution is -0.121. The fourth-order valence-corrected chi connectivity index (χ4v) is 3.75. The number of rotatable bonds is 8. The molecular formula is C27H26N2O6. The minimum absolute atomic E-state index is 0.0972. The maximum absolute atomic E-state index is 12.7. The van der Waals surface area contributed by atoms with Crippen LogP contribution < -0.4 is 19.7 Å². The SMILES string of the molecule is CCc1cccc(OCC(=O)Nc2ccc3c(c2)N(Cc2cccc(C(=O)OC)c2)C(=O)CO3)c1. The first-order valence-corrected chi connectivity index (χ1v) is 11.2. The van der Waals surface area contributed by atoms with Crippen molar-refractivity contribution in [1.29, 1.82) is 0 Å². The van der Waals surface area contributed by atoms with Crippen LogP contribution in [-0.4, -0.2) is 38.1 Å². The highest BCUT2D eigenvalue weighted by molar-refractivity contribution is 5.99. The molecule has 0 fully saturated rings. The van der Waals surface area contributed by atoms with Crippen molar-refractivity contribution in [3.05, 3.63) is 83.4 Å². The zero-order valence-corrected chi connectivity index (χ0v) is 19.6. The monoisotopic (exact) mass is 474 g/mol. The van der Waals surface area contributed by atoms with E-state index in [2.05, 4.69) is 12.2 Å². The van der Waals surface area contributed by atoms with E-state index in [9.17, 15) is 14.4 Å². The first-order valence-electron chi connectivity index (χ1n) is 11.2. The average Bonchev–Trinajstić information content (AvgIpc) is 2.89. The van der Waals surface area contributed by atoms with Gasteiger partial charge in [0.2, 0.25) is 0 Å². The molecule has 1 N–H and O–H groups in total. The smallest absolute Gasteiger partial charge is 0.337 e. The Balaban J connectivity index is 1.47. The third kappa shape index (κ3) is 5.78. The van der Waals surface area contributed by atoms with Gasteiger partial charge in [0.1, 0.15) is 11.5 Å². The number of amides is 2. The number of ether oxygens (including phenoxy) is 3. The Bertz CT molecular complexity index is 1260. The Kier molecular flexibility index (Phi) is 7.30. The molecule has 0 atom stereocenters. The van der Waals surface area contributed by atoms with E-state index >= 15 is 0 Å². The number of methoxy groups -OCH3 is 1. The molecule has 1 aliphatic heterocycles. The standard InChI is InChI=1S/C27H26N2O6/c1-3-18-6-5-9-22(13-18)34-16-25(30)28-21-10-11-24-23(14-21)29(26(31)17-35-24)15-19-7-4-8-20(12-19)27(32)33-2/h4-14H,3,15-17H2,1-2H3,(H,28,30). The predicted molar refractivity (Wildman–Crippen MR) is 131 cm³/mol. The molecule has 1 aliphatic rings. The number of nitrogens with one attached hydrogen (secondary N) is 1. The van der Waals surface area contributed by atoms with Crippen LogP contribution in [0, 0.1) is 0 Å². The summed E-state index contributed by atoms with van der Waals surface area (Å²) in [6, 6.07) is 19.6. The molecule has 2 amide bonds. The van der Waals surface area contributed by atoms with E-state index in [1.807, 2.05) is 24.3 Å². The van der Waals surface area contributed by atoms with Crippen LogP contribution in [0.5, 0.6) is 11.5 Å². The second-order valence-corrected chi connectivity index (χ2v) is 7.98. The van der Waals surface area contributed by atoms with Crippen molar-refractivity contribution in [3.8, 4) is 11.5 Å². The molecular weight excluding hydrogens is 448 g/mol. The molecule has 0 saturated heterocycles. The van der Waals surface area contributed by atoms with Crippen LogP contribution >= 0.6 is 0 Å². The number of hydrogen-bond donors (Lipinski definition) is 1. The Morgan fingerprint density at radius 2 is 1.83 bits per heavy atom. The third-order valence-electron chi connectivity index (χ3n) is 5.55. The molecule has 0 aliphatic carbocycles. The number of carbonyl (C=O) groups is 3. The van der Waals surface area contributed by atoms with Gasteiger partial charge >= 0.3 is 5.97 Å². The summed E-state index contributed by atoms with van der Waals surface area (Å²) < 4.78 is 16.0. The van der Waals surface area contributed by atoms with Crippen molar-refractivity contribution in [1.82, 2.24) is 0 Å². The highest BCUT2D eigenvalue weighted by Crippen LogP contribution is 2.35. The van der Waals surface area contributed by atoms with Crippen LogP contribution in [0.15, 0.2) is 66.7 Å². The van der Waals surface area contributed by atoms with Crippen LogP contribution in [0.3, 0.4) is 0 Å². The molecule has 8 heteroatoms. The van der Waals surface area contributed by atoms with E-state index in [-0.39, 0.29) is 31.6 Å². The number of carbonyl (C=O) groups excluding carboxylic acids is 3. The molecule has 0 bridgehead atoms. The summed E-state index contributed by atoms with van der Waals surface area (Å²) in [6.45, 7) is 2.04. The normalized spacial score (nSPS) is 12.4.